The van der Waals surface area contributed by atoms with Gasteiger partial charge in [0, 0.05) is 24.5 Å². The Bertz CT molecular complexity index is 677. The highest BCUT2D eigenvalue weighted by atomic mass is 16.5. The van der Waals surface area contributed by atoms with Gasteiger partial charge in [-0.15, -0.1) is 0 Å². The minimum absolute atomic E-state index is 0.0276. The third-order valence-corrected chi connectivity index (χ3v) is 4.30. The molecule has 132 valence electrons. The number of carbonyl (C=O) groups is 1. The van der Waals surface area contributed by atoms with Crippen LogP contribution in [-0.2, 0) is 4.79 Å². The molecule has 0 spiro atoms. The first-order valence-electron chi connectivity index (χ1n) is 8.66. The Hall–Kier alpha value is -2.69. The van der Waals surface area contributed by atoms with E-state index < -0.39 is 0 Å². The summed E-state index contributed by atoms with van der Waals surface area (Å²) in [5, 5.41) is 2.86. The van der Waals surface area contributed by atoms with E-state index in [1.54, 1.807) is 31.4 Å². The Morgan fingerprint density at radius 2 is 1.60 bits per heavy atom. The molecule has 1 amide bonds. The van der Waals surface area contributed by atoms with E-state index in [2.05, 4.69) is 22.3 Å². The first-order valence-corrected chi connectivity index (χ1v) is 8.66. The molecule has 0 bridgehead atoms. The van der Waals surface area contributed by atoms with Crippen LogP contribution in [0.2, 0.25) is 0 Å². The van der Waals surface area contributed by atoms with Crippen LogP contribution in [-0.4, -0.2) is 32.7 Å². The molecule has 2 aromatic carbocycles. The van der Waals surface area contributed by atoms with Gasteiger partial charge in [0.05, 0.1) is 7.11 Å². The van der Waals surface area contributed by atoms with Crippen molar-refractivity contribution in [3.63, 3.8) is 0 Å². The van der Waals surface area contributed by atoms with Crippen LogP contribution in [0.3, 0.4) is 0 Å². The molecule has 2 aromatic rings. The predicted octanol–water partition coefficient (Wildman–Crippen LogP) is 3.70. The second-order valence-corrected chi connectivity index (χ2v) is 6.11. The first-order chi connectivity index (χ1) is 12.2. The first kappa shape index (κ1) is 17.1. The summed E-state index contributed by atoms with van der Waals surface area (Å²) in [6.07, 6.45) is 3.82. The van der Waals surface area contributed by atoms with Crippen molar-refractivity contribution < 1.29 is 14.3 Å². The number of piperidine rings is 1. The van der Waals surface area contributed by atoms with E-state index in [4.69, 9.17) is 9.47 Å². The highest BCUT2D eigenvalue weighted by Crippen LogP contribution is 2.22. The van der Waals surface area contributed by atoms with E-state index in [-0.39, 0.29) is 12.5 Å². The number of rotatable bonds is 6. The molecular weight excluding hydrogens is 316 g/mol. The van der Waals surface area contributed by atoms with Crippen LogP contribution in [0.15, 0.2) is 48.5 Å². The number of methoxy groups -OCH3 is 1. The van der Waals surface area contributed by atoms with Crippen LogP contribution in [0.1, 0.15) is 19.3 Å². The smallest absolute Gasteiger partial charge is 0.262 e. The number of carbonyl (C=O) groups excluding carboxylic acids is 1. The molecule has 5 nitrogen and oxygen atoms in total. The van der Waals surface area contributed by atoms with Crippen LogP contribution in [0.5, 0.6) is 11.5 Å². The van der Waals surface area contributed by atoms with Gasteiger partial charge in [0.15, 0.2) is 6.61 Å². The fraction of sp³-hybridized carbons (Fsp3) is 0.350. The maximum absolute atomic E-state index is 12.0. The van der Waals surface area contributed by atoms with Gasteiger partial charge in [0.1, 0.15) is 11.5 Å². The minimum Gasteiger partial charge on any atom is -0.497 e. The number of hydrogen-bond donors (Lipinski definition) is 1. The van der Waals surface area contributed by atoms with Crippen LogP contribution in [0.4, 0.5) is 11.4 Å². The van der Waals surface area contributed by atoms with Gasteiger partial charge in [-0.3, -0.25) is 4.79 Å². The number of hydrogen-bond acceptors (Lipinski definition) is 4. The Kier molecular flexibility index (Phi) is 5.77. The standard InChI is InChI=1S/C20H24N2O3/c1-24-18-9-11-19(12-10-18)25-15-20(23)21-16-5-7-17(8-6-16)22-13-3-2-4-14-22/h5-12H,2-4,13-15H2,1H3,(H,21,23). The van der Waals surface area contributed by atoms with Crippen molar-refractivity contribution in [3.05, 3.63) is 48.5 Å². The number of benzene rings is 2. The van der Waals surface area contributed by atoms with Crippen molar-refractivity contribution in [1.82, 2.24) is 0 Å². The van der Waals surface area contributed by atoms with Crippen molar-refractivity contribution in [2.45, 2.75) is 19.3 Å². The summed E-state index contributed by atoms with van der Waals surface area (Å²) >= 11 is 0. The third kappa shape index (κ3) is 4.89. The van der Waals surface area contributed by atoms with Crippen molar-refractivity contribution in [2.24, 2.45) is 0 Å². The van der Waals surface area contributed by atoms with E-state index in [0.717, 1.165) is 24.5 Å². The molecule has 0 aliphatic carbocycles. The fourth-order valence-electron chi connectivity index (χ4n) is 2.93. The summed E-state index contributed by atoms with van der Waals surface area (Å²) in [6, 6.07) is 15.2. The van der Waals surface area contributed by atoms with E-state index >= 15 is 0 Å². The largest absolute Gasteiger partial charge is 0.497 e. The number of nitrogens with one attached hydrogen (secondary N) is 1. The minimum atomic E-state index is -0.179. The van der Waals surface area contributed by atoms with Crippen molar-refractivity contribution in [3.8, 4) is 11.5 Å². The molecule has 1 saturated heterocycles. The normalized spacial score (nSPS) is 14.0. The quantitative estimate of drug-likeness (QED) is 0.871. The Balaban J connectivity index is 1.48. The Morgan fingerprint density at radius 1 is 0.960 bits per heavy atom. The van der Waals surface area contributed by atoms with Crippen LogP contribution >= 0.6 is 0 Å². The van der Waals surface area contributed by atoms with E-state index in [9.17, 15) is 4.79 Å². The molecule has 5 heteroatoms. The lowest BCUT2D eigenvalue weighted by molar-refractivity contribution is -0.118. The zero-order valence-electron chi connectivity index (χ0n) is 14.5. The molecule has 1 aliphatic rings. The molecule has 0 saturated carbocycles. The number of ether oxygens (including phenoxy) is 2. The summed E-state index contributed by atoms with van der Waals surface area (Å²) < 4.78 is 10.6. The van der Waals surface area contributed by atoms with Crippen LogP contribution < -0.4 is 19.7 Å². The molecule has 0 aromatic heterocycles. The molecule has 1 N–H and O–H groups in total. The second-order valence-electron chi connectivity index (χ2n) is 6.11. The molecule has 1 heterocycles. The SMILES string of the molecule is COc1ccc(OCC(=O)Nc2ccc(N3CCCCC3)cc2)cc1. The van der Waals surface area contributed by atoms with Gasteiger partial charge < -0.3 is 19.7 Å². The van der Waals surface area contributed by atoms with Crippen molar-refractivity contribution >= 4 is 17.3 Å². The molecule has 1 fully saturated rings. The zero-order chi connectivity index (χ0) is 17.5. The summed E-state index contributed by atoms with van der Waals surface area (Å²) in [7, 11) is 1.61. The summed E-state index contributed by atoms with van der Waals surface area (Å²) in [4.78, 5) is 14.4. The van der Waals surface area contributed by atoms with Gasteiger partial charge in [-0.05, 0) is 67.8 Å². The van der Waals surface area contributed by atoms with Crippen molar-refractivity contribution in [2.75, 3.05) is 37.0 Å². The maximum atomic E-state index is 12.0. The molecule has 0 radical (unpaired) electrons. The highest BCUT2D eigenvalue weighted by Gasteiger charge is 2.11. The van der Waals surface area contributed by atoms with E-state index in [0.29, 0.717) is 5.75 Å². The molecule has 3 rings (SSSR count). The number of nitrogens with zero attached hydrogens (tertiary/aromatic N) is 1. The van der Waals surface area contributed by atoms with Gasteiger partial charge >= 0.3 is 0 Å². The van der Waals surface area contributed by atoms with Gasteiger partial charge in [0.2, 0.25) is 0 Å². The maximum Gasteiger partial charge on any atom is 0.262 e. The van der Waals surface area contributed by atoms with Crippen LogP contribution in [0, 0.1) is 0 Å². The molecule has 0 unspecified atom stereocenters. The van der Waals surface area contributed by atoms with Crippen LogP contribution in [0.25, 0.3) is 0 Å². The van der Waals surface area contributed by atoms with Crippen molar-refractivity contribution in [1.29, 1.82) is 0 Å². The summed E-state index contributed by atoms with van der Waals surface area (Å²) in [6.45, 7) is 2.20. The van der Waals surface area contributed by atoms with Gasteiger partial charge in [0.25, 0.3) is 5.91 Å². The molecule has 1 aliphatic heterocycles. The Morgan fingerprint density at radius 3 is 2.24 bits per heavy atom. The lowest BCUT2D eigenvalue weighted by Crippen LogP contribution is -2.29. The fourth-order valence-corrected chi connectivity index (χ4v) is 2.93. The number of anilines is 2. The van der Waals surface area contributed by atoms with E-state index in [1.165, 1.54) is 24.9 Å². The summed E-state index contributed by atoms with van der Waals surface area (Å²) in [5.74, 6) is 1.21. The molecular formula is C20H24N2O3. The van der Waals surface area contributed by atoms with E-state index in [1.807, 2.05) is 12.1 Å². The average Bonchev–Trinajstić information content (AvgIpc) is 2.68. The third-order valence-electron chi connectivity index (χ3n) is 4.30. The Labute approximate surface area is 148 Å². The zero-order valence-corrected chi connectivity index (χ0v) is 14.5. The highest BCUT2D eigenvalue weighted by molar-refractivity contribution is 5.92. The van der Waals surface area contributed by atoms with Gasteiger partial charge in [-0.2, -0.15) is 0 Å². The second kappa shape index (κ2) is 8.42. The molecule has 25 heavy (non-hydrogen) atoms. The average molecular weight is 340 g/mol. The number of amides is 1. The lowest BCUT2D eigenvalue weighted by Gasteiger charge is -2.28. The summed E-state index contributed by atoms with van der Waals surface area (Å²) in [5.41, 5.74) is 2.00. The monoisotopic (exact) mass is 340 g/mol. The lowest BCUT2D eigenvalue weighted by atomic mass is 10.1. The van der Waals surface area contributed by atoms with Gasteiger partial charge in [-0.1, -0.05) is 0 Å². The molecule has 0 atom stereocenters. The predicted molar refractivity (Wildman–Crippen MR) is 99.6 cm³/mol. The topological polar surface area (TPSA) is 50.8 Å². The van der Waals surface area contributed by atoms with Gasteiger partial charge in [-0.25, -0.2) is 0 Å².